The molecule has 2 unspecified atom stereocenters. The summed E-state index contributed by atoms with van der Waals surface area (Å²) in [5, 5.41) is 8.38. The molecule has 1 aliphatic carbocycles. The Bertz CT molecular complexity index is 1190. The molecule has 3 aromatic rings. The normalized spacial score (nSPS) is 26.0. The first-order valence-electron chi connectivity index (χ1n) is 12.3. The second kappa shape index (κ2) is 8.49. The molecule has 1 saturated heterocycles. The van der Waals surface area contributed by atoms with Crippen molar-refractivity contribution in [2.75, 3.05) is 23.3 Å². The van der Waals surface area contributed by atoms with Crippen LogP contribution in [0.5, 0.6) is 0 Å². The average molecular weight is 484 g/mol. The highest BCUT2D eigenvalue weighted by Gasteiger charge is 2.43. The van der Waals surface area contributed by atoms with Crippen LogP contribution in [0.1, 0.15) is 54.2 Å². The molecule has 1 saturated carbocycles. The minimum atomic E-state index is -4.33. The second-order valence-electron chi connectivity index (χ2n) is 10.0. The van der Waals surface area contributed by atoms with E-state index in [1.165, 1.54) is 0 Å². The molecule has 2 fully saturated rings. The Morgan fingerprint density at radius 2 is 1.74 bits per heavy atom. The lowest BCUT2D eigenvalue weighted by Crippen LogP contribution is -2.48. The van der Waals surface area contributed by atoms with Gasteiger partial charge in [-0.25, -0.2) is 14.6 Å². The van der Waals surface area contributed by atoms with Crippen LogP contribution < -0.4 is 10.2 Å². The molecule has 4 heterocycles. The molecule has 3 aliphatic rings. The van der Waals surface area contributed by atoms with Crippen LogP contribution in [0.15, 0.2) is 36.7 Å². The highest BCUT2D eigenvalue weighted by molar-refractivity contribution is 5.42. The predicted octanol–water partition coefficient (Wildman–Crippen LogP) is 4.65. The van der Waals surface area contributed by atoms with Gasteiger partial charge >= 0.3 is 6.18 Å². The van der Waals surface area contributed by atoms with Crippen LogP contribution in [-0.2, 0) is 12.7 Å². The summed E-state index contributed by atoms with van der Waals surface area (Å²) >= 11 is 0. The molecule has 184 valence electrons. The molecule has 2 bridgehead atoms. The van der Waals surface area contributed by atoms with Gasteiger partial charge in [0, 0.05) is 43.4 Å². The van der Waals surface area contributed by atoms with E-state index in [4.69, 9.17) is 10.1 Å². The number of fused-ring (bicyclic) bond motifs is 3. The molecule has 10 heteroatoms. The third kappa shape index (κ3) is 4.23. The van der Waals surface area contributed by atoms with Gasteiger partial charge in [-0.3, -0.25) is 0 Å². The zero-order valence-electron chi connectivity index (χ0n) is 19.5. The van der Waals surface area contributed by atoms with E-state index < -0.39 is 11.7 Å². The number of rotatable bonds is 4. The fourth-order valence-corrected chi connectivity index (χ4v) is 6.04. The van der Waals surface area contributed by atoms with E-state index in [0.717, 1.165) is 80.3 Å². The Balaban J connectivity index is 1.19. The van der Waals surface area contributed by atoms with Crippen LogP contribution in [0.2, 0.25) is 0 Å². The molecule has 0 spiro atoms. The van der Waals surface area contributed by atoms with Gasteiger partial charge in [0.15, 0.2) is 0 Å². The highest BCUT2D eigenvalue weighted by Crippen LogP contribution is 2.40. The molecular formula is C25H28F3N7. The molecule has 1 aromatic carbocycles. The standard InChI is InChI=1S/C25H28F3N7/c1-15-11-21(30-14-29-15)34-12-17-4-5-18(13-34)22(17)31-24-32-23-20(3-2-10-35(23)33-24)16-6-8-19(9-7-16)25(26,27)28/h6-9,11,14,17-18,20,22H,2-5,10,12-13H2,1H3,(H,31,33)/t17-,18+,20?,22?. The molecule has 0 radical (unpaired) electrons. The summed E-state index contributed by atoms with van der Waals surface area (Å²) in [4.78, 5) is 15.9. The van der Waals surface area contributed by atoms with Crippen molar-refractivity contribution in [3.63, 3.8) is 0 Å². The smallest absolute Gasteiger partial charge is 0.356 e. The lowest BCUT2D eigenvalue weighted by molar-refractivity contribution is -0.137. The van der Waals surface area contributed by atoms with E-state index in [-0.39, 0.29) is 5.92 Å². The Morgan fingerprint density at radius 3 is 2.43 bits per heavy atom. The molecule has 7 nitrogen and oxygen atoms in total. The molecule has 0 amide bonds. The number of nitrogens with one attached hydrogen (secondary N) is 1. The van der Waals surface area contributed by atoms with Crippen molar-refractivity contribution < 1.29 is 13.2 Å². The Hall–Kier alpha value is -3.17. The number of piperidine rings is 1. The summed E-state index contributed by atoms with van der Waals surface area (Å²) in [5.74, 6) is 3.37. The molecule has 2 aliphatic heterocycles. The van der Waals surface area contributed by atoms with Crippen molar-refractivity contribution in [1.82, 2.24) is 24.7 Å². The number of alkyl halides is 3. The van der Waals surface area contributed by atoms with Crippen LogP contribution >= 0.6 is 0 Å². The molecule has 2 aromatic heterocycles. The highest BCUT2D eigenvalue weighted by atomic mass is 19.4. The molecular weight excluding hydrogens is 455 g/mol. The van der Waals surface area contributed by atoms with Gasteiger partial charge in [-0.15, -0.1) is 5.10 Å². The quantitative estimate of drug-likeness (QED) is 0.583. The van der Waals surface area contributed by atoms with Gasteiger partial charge in [0.1, 0.15) is 18.0 Å². The van der Waals surface area contributed by atoms with E-state index in [0.29, 0.717) is 23.8 Å². The Kier molecular flexibility index (Phi) is 5.41. The number of hydrogen-bond acceptors (Lipinski definition) is 6. The zero-order chi connectivity index (χ0) is 24.2. The van der Waals surface area contributed by atoms with Crippen LogP contribution in [-0.4, -0.2) is 43.9 Å². The summed E-state index contributed by atoms with van der Waals surface area (Å²) < 4.78 is 40.9. The zero-order valence-corrected chi connectivity index (χ0v) is 19.5. The molecule has 6 rings (SSSR count). The Morgan fingerprint density at radius 1 is 1.00 bits per heavy atom. The van der Waals surface area contributed by atoms with Gasteiger partial charge in [-0.1, -0.05) is 12.1 Å². The minimum Gasteiger partial charge on any atom is -0.356 e. The Labute approximate surface area is 201 Å². The lowest BCUT2D eigenvalue weighted by Gasteiger charge is -2.38. The maximum atomic E-state index is 13.0. The second-order valence-corrected chi connectivity index (χ2v) is 10.0. The van der Waals surface area contributed by atoms with Crippen LogP contribution in [0.4, 0.5) is 24.9 Å². The van der Waals surface area contributed by atoms with Crippen molar-refractivity contribution in [2.24, 2.45) is 11.8 Å². The van der Waals surface area contributed by atoms with Crippen LogP contribution in [0.3, 0.4) is 0 Å². The predicted molar refractivity (Wildman–Crippen MR) is 125 cm³/mol. The van der Waals surface area contributed by atoms with Gasteiger partial charge in [0.25, 0.3) is 0 Å². The van der Waals surface area contributed by atoms with Crippen molar-refractivity contribution in [2.45, 2.75) is 57.3 Å². The fraction of sp³-hybridized carbons (Fsp3) is 0.520. The summed E-state index contributed by atoms with van der Waals surface area (Å²) in [7, 11) is 0. The number of anilines is 2. The van der Waals surface area contributed by atoms with Gasteiger partial charge in [-0.2, -0.15) is 18.2 Å². The third-order valence-electron chi connectivity index (χ3n) is 7.76. The average Bonchev–Trinajstić information content (AvgIpc) is 3.34. The number of nitrogens with zero attached hydrogens (tertiary/aromatic N) is 6. The van der Waals surface area contributed by atoms with E-state index >= 15 is 0 Å². The van der Waals surface area contributed by atoms with E-state index in [1.807, 2.05) is 17.7 Å². The molecule has 35 heavy (non-hydrogen) atoms. The summed E-state index contributed by atoms with van der Waals surface area (Å²) in [6, 6.07) is 7.83. The number of halogens is 3. The number of hydrogen-bond donors (Lipinski definition) is 1. The van der Waals surface area contributed by atoms with Crippen molar-refractivity contribution in [3.05, 3.63) is 59.3 Å². The number of aromatic nitrogens is 5. The summed E-state index contributed by atoms with van der Waals surface area (Å²) in [6.07, 6.45) is 1.39. The van der Waals surface area contributed by atoms with Crippen molar-refractivity contribution in [3.8, 4) is 0 Å². The number of benzene rings is 1. The largest absolute Gasteiger partial charge is 0.416 e. The van der Waals surface area contributed by atoms with Crippen molar-refractivity contribution in [1.29, 1.82) is 0 Å². The topological polar surface area (TPSA) is 71.8 Å². The SMILES string of the molecule is Cc1cc(N2C[C@H]3CC[C@@H](C2)C3Nc2nc3n(n2)CCCC3c2ccc(C(F)(F)F)cc2)ncn1. The van der Waals surface area contributed by atoms with Gasteiger partial charge in [-0.05, 0) is 62.1 Å². The maximum absolute atomic E-state index is 13.0. The minimum absolute atomic E-state index is 0.0475. The van der Waals surface area contributed by atoms with Gasteiger partial charge < -0.3 is 10.2 Å². The van der Waals surface area contributed by atoms with E-state index in [9.17, 15) is 13.2 Å². The van der Waals surface area contributed by atoms with Gasteiger partial charge in [0.2, 0.25) is 5.95 Å². The first-order chi connectivity index (χ1) is 16.8. The monoisotopic (exact) mass is 483 g/mol. The summed E-state index contributed by atoms with van der Waals surface area (Å²) in [5.41, 5.74) is 1.20. The van der Waals surface area contributed by atoms with E-state index in [2.05, 4.69) is 20.2 Å². The maximum Gasteiger partial charge on any atom is 0.416 e. The fourth-order valence-electron chi connectivity index (χ4n) is 6.04. The first-order valence-corrected chi connectivity index (χ1v) is 12.3. The van der Waals surface area contributed by atoms with Crippen LogP contribution in [0, 0.1) is 18.8 Å². The summed E-state index contributed by atoms with van der Waals surface area (Å²) in [6.45, 7) is 4.64. The van der Waals surface area contributed by atoms with Crippen LogP contribution in [0.25, 0.3) is 0 Å². The first kappa shape index (κ1) is 22.3. The number of aryl methyl sites for hydroxylation is 2. The lowest BCUT2D eigenvalue weighted by atomic mass is 9.90. The molecule has 1 N–H and O–H groups in total. The van der Waals surface area contributed by atoms with Gasteiger partial charge in [0.05, 0.1) is 5.56 Å². The van der Waals surface area contributed by atoms with Crippen molar-refractivity contribution >= 4 is 11.8 Å². The van der Waals surface area contributed by atoms with E-state index in [1.54, 1.807) is 18.5 Å². The molecule has 4 atom stereocenters. The third-order valence-corrected chi connectivity index (χ3v) is 7.76.